The minimum Gasteiger partial charge on any atom is -0.469 e. The molecule has 1 aliphatic rings. The molecular formula is C21H28N2O4. The van der Waals surface area contributed by atoms with Crippen LogP contribution in [-0.2, 0) is 22.4 Å². The first-order valence-electron chi connectivity index (χ1n) is 9.51. The van der Waals surface area contributed by atoms with E-state index < -0.39 is 5.54 Å². The van der Waals surface area contributed by atoms with Gasteiger partial charge in [0.1, 0.15) is 11.5 Å². The van der Waals surface area contributed by atoms with Crippen LogP contribution in [0.1, 0.15) is 45.1 Å². The van der Waals surface area contributed by atoms with Gasteiger partial charge >= 0.3 is 0 Å². The lowest BCUT2D eigenvalue weighted by atomic mass is 9.94. The molecule has 27 heavy (non-hydrogen) atoms. The Kier molecular flexibility index (Phi) is 5.73. The summed E-state index contributed by atoms with van der Waals surface area (Å²) in [6.07, 6.45) is 5.27. The SMILES string of the molecule is CC1CN(C(=O)CCc2ccco2)C(C)(C)CN1C(=O)CCc1ccco1. The monoisotopic (exact) mass is 372 g/mol. The van der Waals surface area contributed by atoms with Crippen LogP contribution in [0.15, 0.2) is 45.6 Å². The van der Waals surface area contributed by atoms with Crippen molar-refractivity contribution in [3.8, 4) is 0 Å². The molecule has 0 bridgehead atoms. The minimum absolute atomic E-state index is 0.00492. The zero-order chi connectivity index (χ0) is 19.4. The number of aryl methyl sites for hydroxylation is 2. The summed E-state index contributed by atoms with van der Waals surface area (Å²) in [5, 5.41) is 0. The molecule has 2 aromatic heterocycles. The van der Waals surface area contributed by atoms with Crippen molar-refractivity contribution in [3.63, 3.8) is 0 Å². The van der Waals surface area contributed by atoms with Crippen molar-refractivity contribution in [2.75, 3.05) is 13.1 Å². The topological polar surface area (TPSA) is 66.9 Å². The lowest BCUT2D eigenvalue weighted by molar-refractivity contribution is -0.151. The molecule has 6 heteroatoms. The molecule has 2 aromatic rings. The fourth-order valence-corrected chi connectivity index (χ4v) is 3.69. The number of carbonyl (C=O) groups excluding carboxylic acids is 2. The molecule has 0 N–H and O–H groups in total. The Labute approximate surface area is 160 Å². The lowest BCUT2D eigenvalue weighted by Gasteiger charge is -2.50. The van der Waals surface area contributed by atoms with Crippen LogP contribution in [-0.4, -0.2) is 46.3 Å². The number of carbonyl (C=O) groups is 2. The van der Waals surface area contributed by atoms with E-state index in [9.17, 15) is 9.59 Å². The van der Waals surface area contributed by atoms with Gasteiger partial charge in [-0.05, 0) is 45.0 Å². The van der Waals surface area contributed by atoms with E-state index >= 15 is 0 Å². The molecule has 1 aliphatic heterocycles. The summed E-state index contributed by atoms with van der Waals surface area (Å²) < 4.78 is 10.6. The fourth-order valence-electron chi connectivity index (χ4n) is 3.69. The summed E-state index contributed by atoms with van der Waals surface area (Å²) >= 11 is 0. The van der Waals surface area contributed by atoms with Crippen molar-refractivity contribution in [3.05, 3.63) is 48.3 Å². The first-order valence-corrected chi connectivity index (χ1v) is 9.51. The van der Waals surface area contributed by atoms with Crippen molar-refractivity contribution in [2.24, 2.45) is 0 Å². The zero-order valence-corrected chi connectivity index (χ0v) is 16.3. The highest BCUT2D eigenvalue weighted by Crippen LogP contribution is 2.26. The van der Waals surface area contributed by atoms with E-state index in [2.05, 4.69) is 0 Å². The Hall–Kier alpha value is -2.50. The van der Waals surface area contributed by atoms with Crippen LogP contribution in [0.4, 0.5) is 0 Å². The number of hydrogen-bond donors (Lipinski definition) is 0. The molecule has 2 amide bonds. The second-order valence-corrected chi connectivity index (χ2v) is 7.85. The second kappa shape index (κ2) is 8.03. The van der Waals surface area contributed by atoms with Crippen LogP contribution in [0, 0.1) is 0 Å². The van der Waals surface area contributed by atoms with Crippen LogP contribution < -0.4 is 0 Å². The average molecular weight is 372 g/mol. The van der Waals surface area contributed by atoms with E-state index in [0.717, 1.165) is 11.5 Å². The van der Waals surface area contributed by atoms with Crippen molar-refractivity contribution in [1.82, 2.24) is 9.80 Å². The van der Waals surface area contributed by atoms with Crippen LogP contribution in [0.3, 0.4) is 0 Å². The highest BCUT2D eigenvalue weighted by atomic mass is 16.3. The van der Waals surface area contributed by atoms with Gasteiger partial charge in [-0.15, -0.1) is 0 Å². The van der Waals surface area contributed by atoms with Crippen LogP contribution in [0.5, 0.6) is 0 Å². The molecule has 0 saturated carbocycles. The summed E-state index contributed by atoms with van der Waals surface area (Å²) in [5.41, 5.74) is -0.396. The molecule has 0 radical (unpaired) electrons. The van der Waals surface area contributed by atoms with E-state index in [0.29, 0.717) is 38.8 Å². The third-order valence-electron chi connectivity index (χ3n) is 5.22. The maximum atomic E-state index is 12.8. The van der Waals surface area contributed by atoms with Gasteiger partial charge in [-0.1, -0.05) is 0 Å². The summed E-state index contributed by atoms with van der Waals surface area (Å²) in [7, 11) is 0. The van der Waals surface area contributed by atoms with Crippen molar-refractivity contribution in [2.45, 2.75) is 58.0 Å². The van der Waals surface area contributed by atoms with Gasteiger partial charge in [0.25, 0.3) is 0 Å². The van der Waals surface area contributed by atoms with E-state index in [1.54, 1.807) is 12.5 Å². The summed E-state index contributed by atoms with van der Waals surface area (Å²) in [5.74, 6) is 1.85. The molecule has 6 nitrogen and oxygen atoms in total. The number of furan rings is 2. The largest absolute Gasteiger partial charge is 0.469 e. The molecule has 1 atom stereocenters. The van der Waals surface area contributed by atoms with Gasteiger partial charge in [0.15, 0.2) is 0 Å². The van der Waals surface area contributed by atoms with E-state index in [4.69, 9.17) is 8.83 Å². The van der Waals surface area contributed by atoms with Gasteiger partial charge in [-0.25, -0.2) is 0 Å². The molecular weight excluding hydrogens is 344 g/mol. The Morgan fingerprint density at radius 2 is 1.59 bits per heavy atom. The molecule has 1 fully saturated rings. The Morgan fingerprint density at radius 1 is 1.04 bits per heavy atom. The van der Waals surface area contributed by atoms with Gasteiger partial charge in [0.2, 0.25) is 11.8 Å². The number of piperazine rings is 1. The summed E-state index contributed by atoms with van der Waals surface area (Å²) in [6, 6.07) is 7.43. The highest BCUT2D eigenvalue weighted by Gasteiger charge is 2.41. The standard InChI is InChI=1S/C21H28N2O4/c1-16-14-23(20(25)11-9-18-7-5-13-27-18)21(2,3)15-22(16)19(24)10-8-17-6-4-12-26-17/h4-7,12-13,16H,8-11,14-15H2,1-3H3. The average Bonchev–Trinajstić information content (AvgIpc) is 3.32. The van der Waals surface area contributed by atoms with E-state index in [1.165, 1.54) is 0 Å². The van der Waals surface area contributed by atoms with Gasteiger partial charge in [0.05, 0.1) is 18.1 Å². The maximum absolute atomic E-state index is 12.8. The van der Waals surface area contributed by atoms with Crippen LogP contribution in [0.2, 0.25) is 0 Å². The predicted molar refractivity (Wildman–Crippen MR) is 101 cm³/mol. The third-order valence-corrected chi connectivity index (χ3v) is 5.22. The first kappa shape index (κ1) is 19.3. The van der Waals surface area contributed by atoms with Crippen LogP contribution in [0.25, 0.3) is 0 Å². The smallest absolute Gasteiger partial charge is 0.223 e. The normalized spacial score (nSPS) is 19.3. The summed E-state index contributed by atoms with van der Waals surface area (Å²) in [6.45, 7) is 7.15. The van der Waals surface area contributed by atoms with Crippen molar-refractivity contribution >= 4 is 11.8 Å². The molecule has 3 heterocycles. The number of nitrogens with zero attached hydrogens (tertiary/aromatic N) is 2. The molecule has 1 saturated heterocycles. The van der Waals surface area contributed by atoms with Gasteiger partial charge in [-0.2, -0.15) is 0 Å². The first-order chi connectivity index (χ1) is 12.9. The highest BCUT2D eigenvalue weighted by molar-refractivity contribution is 5.80. The number of amides is 2. The minimum atomic E-state index is -0.396. The molecule has 3 rings (SSSR count). The second-order valence-electron chi connectivity index (χ2n) is 7.85. The molecule has 146 valence electrons. The van der Waals surface area contributed by atoms with Gasteiger partial charge < -0.3 is 18.6 Å². The fraction of sp³-hybridized carbons (Fsp3) is 0.524. The number of hydrogen-bond acceptors (Lipinski definition) is 4. The van der Waals surface area contributed by atoms with Crippen molar-refractivity contribution in [1.29, 1.82) is 0 Å². The Bertz CT molecular complexity index is 749. The molecule has 0 aliphatic carbocycles. The summed E-state index contributed by atoms with van der Waals surface area (Å²) in [4.78, 5) is 29.3. The lowest BCUT2D eigenvalue weighted by Crippen LogP contribution is -2.65. The Morgan fingerprint density at radius 3 is 2.11 bits per heavy atom. The van der Waals surface area contributed by atoms with Gasteiger partial charge in [-0.3, -0.25) is 9.59 Å². The zero-order valence-electron chi connectivity index (χ0n) is 16.3. The molecule has 1 unspecified atom stereocenters. The third kappa shape index (κ3) is 4.62. The van der Waals surface area contributed by atoms with E-state index in [-0.39, 0.29) is 17.9 Å². The van der Waals surface area contributed by atoms with Crippen LogP contribution >= 0.6 is 0 Å². The van der Waals surface area contributed by atoms with Crippen molar-refractivity contribution < 1.29 is 18.4 Å². The molecule has 0 aromatic carbocycles. The predicted octanol–water partition coefficient (Wildman–Crippen LogP) is 3.28. The Balaban J connectivity index is 1.57. The van der Waals surface area contributed by atoms with E-state index in [1.807, 2.05) is 54.8 Å². The maximum Gasteiger partial charge on any atom is 0.223 e. The number of rotatable bonds is 6. The quantitative estimate of drug-likeness (QED) is 0.780. The molecule has 0 spiro atoms. The van der Waals surface area contributed by atoms with Gasteiger partial charge in [0, 0.05) is 44.8 Å².